The number of nitrogens with one attached hydrogen (secondary N) is 2. The first kappa shape index (κ1) is 30.4. The van der Waals surface area contributed by atoms with Gasteiger partial charge < -0.3 is 25.4 Å². The molecule has 38 heavy (non-hydrogen) atoms. The molecular formula is C30H41N3O5. The summed E-state index contributed by atoms with van der Waals surface area (Å²) in [5.41, 5.74) is 0.616. The molecule has 206 valence electrons. The molecule has 2 unspecified atom stereocenters. The fraction of sp³-hybridized carbons (Fsp3) is 0.433. The fourth-order valence-corrected chi connectivity index (χ4v) is 3.97. The van der Waals surface area contributed by atoms with Gasteiger partial charge in [0.15, 0.2) is 0 Å². The number of rotatable bonds is 13. The van der Waals surface area contributed by atoms with E-state index in [2.05, 4.69) is 24.1 Å². The molecule has 8 heteroatoms. The van der Waals surface area contributed by atoms with Gasteiger partial charge in [0.25, 0.3) is 0 Å². The van der Waals surface area contributed by atoms with Crippen molar-refractivity contribution >= 4 is 17.9 Å². The Morgan fingerprint density at radius 1 is 1.05 bits per heavy atom. The minimum atomic E-state index is -1.00. The lowest BCUT2D eigenvalue weighted by molar-refractivity contribution is -0.141. The van der Waals surface area contributed by atoms with Gasteiger partial charge in [-0.1, -0.05) is 68.3 Å². The van der Waals surface area contributed by atoms with E-state index in [0.29, 0.717) is 12.1 Å². The fourth-order valence-electron chi connectivity index (χ4n) is 3.97. The quantitative estimate of drug-likeness (QED) is 0.256. The summed E-state index contributed by atoms with van der Waals surface area (Å²) < 4.78 is 5.43. The largest absolute Gasteiger partial charge is 0.508 e. The van der Waals surface area contributed by atoms with Crippen molar-refractivity contribution in [3.8, 4) is 5.75 Å². The Kier molecular flexibility index (Phi) is 11.9. The van der Waals surface area contributed by atoms with Crippen molar-refractivity contribution in [3.63, 3.8) is 0 Å². The molecule has 0 aliphatic heterocycles. The van der Waals surface area contributed by atoms with Gasteiger partial charge in [-0.05, 0) is 50.5 Å². The average molecular weight is 524 g/mol. The second kappa shape index (κ2) is 14.8. The van der Waals surface area contributed by atoms with Crippen molar-refractivity contribution in [2.75, 3.05) is 13.1 Å². The zero-order valence-electron chi connectivity index (χ0n) is 22.9. The number of amides is 3. The number of aromatic hydroxyl groups is 1. The number of ether oxygens (including phenoxy) is 1. The Hall–Kier alpha value is -3.81. The Labute approximate surface area is 226 Å². The third-order valence-electron chi connectivity index (χ3n) is 5.73. The Bertz CT molecular complexity index is 1050. The van der Waals surface area contributed by atoms with Crippen LogP contribution in [0.4, 0.5) is 4.79 Å². The molecule has 0 spiro atoms. The van der Waals surface area contributed by atoms with Crippen LogP contribution in [0.15, 0.2) is 67.3 Å². The highest BCUT2D eigenvalue weighted by Crippen LogP contribution is 2.25. The maximum atomic E-state index is 14.1. The predicted molar refractivity (Wildman–Crippen MR) is 149 cm³/mol. The van der Waals surface area contributed by atoms with Gasteiger partial charge >= 0.3 is 6.09 Å². The van der Waals surface area contributed by atoms with Gasteiger partial charge in [-0.25, -0.2) is 4.79 Å². The molecule has 0 aliphatic carbocycles. The first-order chi connectivity index (χ1) is 18.1. The van der Waals surface area contributed by atoms with Crippen molar-refractivity contribution in [2.45, 2.75) is 71.1 Å². The van der Waals surface area contributed by atoms with Gasteiger partial charge in [-0.3, -0.25) is 9.59 Å². The molecule has 2 atom stereocenters. The number of hydrogen-bond acceptors (Lipinski definition) is 5. The smallest absolute Gasteiger partial charge is 0.408 e. The minimum Gasteiger partial charge on any atom is -0.508 e. The summed E-state index contributed by atoms with van der Waals surface area (Å²) in [5.74, 6) is -0.759. The van der Waals surface area contributed by atoms with Crippen LogP contribution in [-0.4, -0.2) is 52.6 Å². The van der Waals surface area contributed by atoms with Crippen LogP contribution < -0.4 is 10.6 Å². The van der Waals surface area contributed by atoms with Crippen molar-refractivity contribution in [2.24, 2.45) is 0 Å². The van der Waals surface area contributed by atoms with Crippen LogP contribution in [0, 0.1) is 0 Å². The third kappa shape index (κ3) is 9.92. The van der Waals surface area contributed by atoms with Crippen LogP contribution in [-0.2, 0) is 20.7 Å². The zero-order valence-corrected chi connectivity index (χ0v) is 22.9. The van der Waals surface area contributed by atoms with Crippen molar-refractivity contribution in [1.82, 2.24) is 15.5 Å². The van der Waals surface area contributed by atoms with Crippen molar-refractivity contribution in [3.05, 3.63) is 78.4 Å². The monoisotopic (exact) mass is 523 g/mol. The summed E-state index contributed by atoms with van der Waals surface area (Å²) in [5, 5.41) is 15.5. The number of carbonyl (C=O) groups excluding carboxylic acids is 3. The lowest BCUT2D eigenvalue weighted by atomic mass is 10.00. The molecule has 0 radical (unpaired) electrons. The van der Waals surface area contributed by atoms with E-state index in [1.165, 1.54) is 17.0 Å². The van der Waals surface area contributed by atoms with Crippen LogP contribution in [0.1, 0.15) is 64.1 Å². The molecule has 0 bridgehead atoms. The summed E-state index contributed by atoms with van der Waals surface area (Å²) in [6, 6.07) is 13.5. The number of hydrogen-bond donors (Lipinski definition) is 3. The summed E-state index contributed by atoms with van der Waals surface area (Å²) >= 11 is 0. The van der Waals surface area contributed by atoms with E-state index in [0.717, 1.165) is 24.8 Å². The molecule has 2 aromatic carbocycles. The average Bonchev–Trinajstić information content (AvgIpc) is 2.86. The van der Waals surface area contributed by atoms with Gasteiger partial charge in [-0.15, -0.1) is 6.58 Å². The molecule has 2 aromatic rings. The number of unbranched alkanes of at least 4 members (excludes halogenated alkanes) is 2. The molecule has 0 saturated heterocycles. The number of benzene rings is 2. The Morgan fingerprint density at radius 2 is 1.71 bits per heavy atom. The standard InChI is InChI=1S/C30H41N3O5/c1-6-8-12-19-31-27(35)26(23-15-17-24(34)18-16-23)33(20-7-2)28(36)25(21-22-13-10-9-11-14-22)32-29(37)38-30(3,4)5/h7,9-11,13-18,25-26,34H,2,6,8,12,19-21H2,1,3-5H3,(H,31,35)(H,32,37). The van der Waals surface area contributed by atoms with Gasteiger partial charge in [0.2, 0.25) is 11.8 Å². The van der Waals surface area contributed by atoms with E-state index in [-0.39, 0.29) is 24.6 Å². The summed E-state index contributed by atoms with van der Waals surface area (Å²) in [7, 11) is 0. The predicted octanol–water partition coefficient (Wildman–Crippen LogP) is 4.89. The molecule has 0 aliphatic rings. The van der Waals surface area contributed by atoms with E-state index in [9.17, 15) is 19.5 Å². The second-order valence-corrected chi connectivity index (χ2v) is 10.2. The molecule has 2 rings (SSSR count). The maximum Gasteiger partial charge on any atom is 0.408 e. The van der Waals surface area contributed by atoms with Crippen molar-refractivity contribution < 1.29 is 24.2 Å². The Balaban J connectivity index is 2.45. The normalized spacial score (nSPS) is 12.6. The van der Waals surface area contributed by atoms with E-state index >= 15 is 0 Å². The van der Waals surface area contributed by atoms with Crippen LogP contribution in [0.2, 0.25) is 0 Å². The zero-order chi connectivity index (χ0) is 28.1. The van der Waals surface area contributed by atoms with Crippen LogP contribution in [0.3, 0.4) is 0 Å². The van der Waals surface area contributed by atoms with E-state index < -0.39 is 29.7 Å². The van der Waals surface area contributed by atoms with Crippen LogP contribution in [0.25, 0.3) is 0 Å². The van der Waals surface area contributed by atoms with E-state index in [4.69, 9.17) is 4.74 Å². The summed E-state index contributed by atoms with van der Waals surface area (Å²) in [6.07, 6.45) is 3.82. The highest BCUT2D eigenvalue weighted by atomic mass is 16.6. The topological polar surface area (TPSA) is 108 Å². The second-order valence-electron chi connectivity index (χ2n) is 10.2. The van der Waals surface area contributed by atoms with Gasteiger partial charge in [-0.2, -0.15) is 0 Å². The molecule has 0 fully saturated rings. The first-order valence-electron chi connectivity index (χ1n) is 13.1. The van der Waals surface area contributed by atoms with Gasteiger partial charge in [0.1, 0.15) is 23.4 Å². The minimum absolute atomic E-state index is 0.0472. The molecule has 0 heterocycles. The molecule has 0 aromatic heterocycles. The third-order valence-corrected chi connectivity index (χ3v) is 5.73. The van der Waals surface area contributed by atoms with Crippen LogP contribution >= 0.6 is 0 Å². The maximum absolute atomic E-state index is 14.1. The molecule has 8 nitrogen and oxygen atoms in total. The van der Waals surface area contributed by atoms with Crippen molar-refractivity contribution in [1.29, 1.82) is 0 Å². The van der Waals surface area contributed by atoms with E-state index in [1.807, 2.05) is 30.3 Å². The molecule has 3 amide bonds. The first-order valence-corrected chi connectivity index (χ1v) is 13.1. The summed E-state index contributed by atoms with van der Waals surface area (Å²) in [4.78, 5) is 41.7. The lowest BCUT2D eigenvalue weighted by Gasteiger charge is -2.34. The van der Waals surface area contributed by atoms with E-state index in [1.54, 1.807) is 39.0 Å². The molecular weight excluding hydrogens is 482 g/mol. The lowest BCUT2D eigenvalue weighted by Crippen LogP contribution is -2.53. The number of phenolic OH excluding ortho intramolecular Hbond substituents is 1. The molecule has 0 saturated carbocycles. The number of nitrogens with zero attached hydrogens (tertiary/aromatic N) is 1. The molecule has 3 N–H and O–H groups in total. The van der Waals surface area contributed by atoms with Crippen LogP contribution in [0.5, 0.6) is 5.75 Å². The number of carbonyl (C=O) groups is 3. The SMILES string of the molecule is C=CCN(C(=O)C(Cc1ccccc1)NC(=O)OC(C)(C)C)C(C(=O)NCCCCC)c1ccc(O)cc1. The highest BCUT2D eigenvalue weighted by molar-refractivity contribution is 5.92. The Morgan fingerprint density at radius 3 is 2.29 bits per heavy atom. The number of phenols is 1. The van der Waals surface area contributed by atoms with Gasteiger partial charge in [0.05, 0.1) is 0 Å². The summed E-state index contributed by atoms with van der Waals surface area (Å²) in [6.45, 7) is 11.6. The number of alkyl carbamates (subject to hydrolysis) is 1. The van der Waals surface area contributed by atoms with Gasteiger partial charge in [0, 0.05) is 19.5 Å². The highest BCUT2D eigenvalue weighted by Gasteiger charge is 2.35.